The third-order valence-corrected chi connectivity index (χ3v) is 11.2. The summed E-state index contributed by atoms with van der Waals surface area (Å²) < 4.78 is 9.59. The van der Waals surface area contributed by atoms with Gasteiger partial charge >= 0.3 is 0 Å². The number of thiophene rings is 1. The van der Waals surface area contributed by atoms with Gasteiger partial charge in [-0.25, -0.2) is 9.36 Å². The normalized spacial score (nSPS) is 22.9. The molecule has 4 aromatic rings. The fraction of sp³-hybridized carbons (Fsp3) is 0.647. The van der Waals surface area contributed by atoms with Gasteiger partial charge < -0.3 is 4.74 Å². The Labute approximate surface area is 276 Å². The van der Waals surface area contributed by atoms with Crippen LogP contribution in [0.25, 0.3) is 0 Å². The van der Waals surface area contributed by atoms with Gasteiger partial charge in [-0.2, -0.15) is 0 Å². The summed E-state index contributed by atoms with van der Waals surface area (Å²) in [7, 11) is 0. The summed E-state index contributed by atoms with van der Waals surface area (Å²) >= 11 is 1.85. The molecule has 246 valence electrons. The number of rotatable bonds is 8. The molecule has 11 nitrogen and oxygen atoms in total. The highest BCUT2D eigenvalue weighted by atomic mass is 32.1. The zero-order valence-electron chi connectivity index (χ0n) is 27.2. The van der Waals surface area contributed by atoms with Crippen LogP contribution in [0.1, 0.15) is 105 Å². The molecule has 1 aromatic carbocycles. The molecule has 0 spiro atoms. The molecule has 2 saturated carbocycles. The largest absolute Gasteiger partial charge is 0.494 e. The van der Waals surface area contributed by atoms with Crippen LogP contribution in [0, 0.1) is 11.8 Å². The molecule has 3 aromatic heterocycles. The van der Waals surface area contributed by atoms with Gasteiger partial charge in [-0.3, -0.25) is 9.80 Å². The molecule has 2 atom stereocenters. The van der Waals surface area contributed by atoms with Crippen molar-refractivity contribution in [2.45, 2.75) is 109 Å². The van der Waals surface area contributed by atoms with Crippen LogP contribution in [-0.4, -0.2) is 69.9 Å². The molecule has 2 unspecified atom stereocenters. The second kappa shape index (κ2) is 15.1. The van der Waals surface area contributed by atoms with Gasteiger partial charge in [0.25, 0.3) is 0 Å². The van der Waals surface area contributed by atoms with Gasteiger partial charge in [0.05, 0.1) is 31.8 Å². The van der Waals surface area contributed by atoms with Crippen LogP contribution >= 0.6 is 11.3 Å². The summed E-state index contributed by atoms with van der Waals surface area (Å²) in [5, 5.41) is 27.1. The Morgan fingerprint density at radius 1 is 0.696 bits per heavy atom. The number of nitrogens with zero attached hydrogens (tertiary/aromatic N) is 10. The lowest BCUT2D eigenvalue weighted by Gasteiger charge is -2.40. The molecule has 2 aliphatic carbocycles. The maximum atomic E-state index is 5.56. The monoisotopic (exact) mass is 644 g/mol. The molecule has 12 heteroatoms. The second-order valence-corrected chi connectivity index (χ2v) is 14.3. The summed E-state index contributed by atoms with van der Waals surface area (Å²) in [6.45, 7) is 8.55. The van der Waals surface area contributed by atoms with Crippen molar-refractivity contribution in [2.24, 2.45) is 11.8 Å². The molecule has 2 aliphatic heterocycles. The lowest BCUT2D eigenvalue weighted by molar-refractivity contribution is 0.0731. The predicted octanol–water partition coefficient (Wildman–Crippen LogP) is 6.08. The Hall–Kier alpha value is -3.22. The summed E-state index contributed by atoms with van der Waals surface area (Å²) in [6, 6.07) is 13.6. The number of benzene rings is 1. The van der Waals surface area contributed by atoms with E-state index in [1.165, 1.54) is 74.6 Å². The van der Waals surface area contributed by atoms with Gasteiger partial charge in [-0.15, -0.1) is 21.5 Å². The van der Waals surface area contributed by atoms with Crippen LogP contribution in [0.5, 0.6) is 5.75 Å². The van der Waals surface area contributed by atoms with E-state index in [9.17, 15) is 0 Å². The van der Waals surface area contributed by atoms with Crippen molar-refractivity contribution in [2.75, 3.05) is 19.7 Å². The fourth-order valence-corrected chi connectivity index (χ4v) is 8.91. The molecule has 5 heterocycles. The van der Waals surface area contributed by atoms with Crippen LogP contribution in [-0.2, 0) is 26.2 Å². The Kier molecular flexibility index (Phi) is 10.3. The van der Waals surface area contributed by atoms with E-state index in [-0.39, 0.29) is 0 Å². The van der Waals surface area contributed by atoms with Crippen LogP contribution in [0.3, 0.4) is 0 Å². The van der Waals surface area contributed by atoms with Gasteiger partial charge in [0.15, 0.2) is 11.6 Å². The van der Waals surface area contributed by atoms with Gasteiger partial charge in [-0.05, 0) is 94.4 Å². The number of aromatic nitrogens is 8. The van der Waals surface area contributed by atoms with E-state index in [4.69, 9.17) is 4.74 Å². The van der Waals surface area contributed by atoms with Crippen molar-refractivity contribution in [3.8, 4) is 5.75 Å². The van der Waals surface area contributed by atoms with Gasteiger partial charge in [0, 0.05) is 31.1 Å². The molecular formula is C34H48N10OS. The maximum Gasteiger partial charge on any atom is 0.168 e. The van der Waals surface area contributed by atoms with E-state index >= 15 is 0 Å². The van der Waals surface area contributed by atoms with E-state index in [1.54, 1.807) is 0 Å². The smallest absolute Gasteiger partial charge is 0.168 e. The average molecular weight is 645 g/mol. The van der Waals surface area contributed by atoms with Crippen molar-refractivity contribution in [1.82, 2.24) is 50.2 Å². The molecule has 2 fully saturated rings. The van der Waals surface area contributed by atoms with Crippen LogP contribution in [0.15, 0.2) is 41.8 Å². The molecule has 46 heavy (non-hydrogen) atoms. The first-order valence-corrected chi connectivity index (χ1v) is 18.4. The van der Waals surface area contributed by atoms with Gasteiger partial charge in [0.1, 0.15) is 5.75 Å². The van der Waals surface area contributed by atoms with Crippen molar-refractivity contribution in [3.63, 3.8) is 0 Å². The minimum Gasteiger partial charge on any atom is -0.494 e. The highest BCUT2D eigenvalue weighted by Gasteiger charge is 2.38. The Balaban J connectivity index is 0.000000149. The molecule has 0 bridgehead atoms. The Morgan fingerprint density at radius 2 is 1.26 bits per heavy atom. The lowest BCUT2D eigenvalue weighted by atomic mass is 9.82. The van der Waals surface area contributed by atoms with E-state index in [1.807, 2.05) is 27.6 Å². The van der Waals surface area contributed by atoms with E-state index in [2.05, 4.69) is 82.6 Å². The van der Waals surface area contributed by atoms with Crippen molar-refractivity contribution in [1.29, 1.82) is 0 Å². The third kappa shape index (κ3) is 7.18. The number of tetrazole rings is 2. The lowest BCUT2D eigenvalue weighted by Crippen LogP contribution is -2.42. The van der Waals surface area contributed by atoms with E-state index < -0.39 is 0 Å². The van der Waals surface area contributed by atoms with Crippen LogP contribution in [0.4, 0.5) is 0 Å². The highest BCUT2D eigenvalue weighted by molar-refractivity contribution is 7.09. The maximum absolute atomic E-state index is 5.56. The number of ether oxygens (including phenoxy) is 1. The minimum atomic E-state index is 0.343. The SMILES string of the molecule is CCOc1ccc(CN2CCn3nnnc3C2C2CCCCC2)cc1.c1csc(CN2CCn3nnnc3C2C2CCCCC2)c1. The zero-order valence-corrected chi connectivity index (χ0v) is 28.0. The standard InChI is InChI=1S/C19H27N5O.C15H21N5S/c1-2-25-17-10-8-15(9-11-17)14-23-12-13-24-19(20-21-22-24)18(23)16-6-4-3-5-7-16;1-2-5-12(6-3-1)14-15-16-17-18-20(15)9-8-19(14)11-13-7-4-10-21-13/h8-11,16,18H,2-7,12-14H2,1H3;4,7,10,12,14H,1-3,5-6,8-9,11H2. The zero-order chi connectivity index (χ0) is 31.1. The van der Waals surface area contributed by atoms with Crippen LogP contribution < -0.4 is 4.74 Å². The van der Waals surface area contributed by atoms with Gasteiger partial charge in [0.2, 0.25) is 0 Å². The summed E-state index contributed by atoms with van der Waals surface area (Å²) in [5.74, 6) is 4.47. The van der Waals surface area contributed by atoms with E-state index in [0.29, 0.717) is 30.5 Å². The Morgan fingerprint density at radius 3 is 1.78 bits per heavy atom. The third-order valence-electron chi connectivity index (χ3n) is 10.4. The van der Waals surface area contributed by atoms with Crippen molar-refractivity contribution < 1.29 is 4.74 Å². The minimum absolute atomic E-state index is 0.343. The highest BCUT2D eigenvalue weighted by Crippen LogP contribution is 2.41. The first kappa shape index (κ1) is 31.4. The molecule has 0 N–H and O–H groups in total. The topological polar surface area (TPSA) is 103 Å². The van der Waals surface area contributed by atoms with Crippen molar-refractivity contribution in [3.05, 3.63) is 63.9 Å². The average Bonchev–Trinajstić information content (AvgIpc) is 3.90. The predicted molar refractivity (Wildman–Crippen MR) is 177 cm³/mol. The molecule has 0 amide bonds. The summed E-state index contributed by atoms with van der Waals surface area (Å²) in [5.41, 5.74) is 1.32. The van der Waals surface area contributed by atoms with Crippen LogP contribution in [0.2, 0.25) is 0 Å². The van der Waals surface area contributed by atoms with Crippen molar-refractivity contribution >= 4 is 11.3 Å². The molecule has 4 aliphatic rings. The number of hydrogen-bond donors (Lipinski definition) is 0. The molecular weight excluding hydrogens is 597 g/mol. The molecule has 8 rings (SSSR count). The van der Waals surface area contributed by atoms with Gasteiger partial charge in [-0.1, -0.05) is 56.7 Å². The number of hydrogen-bond acceptors (Lipinski definition) is 10. The summed E-state index contributed by atoms with van der Waals surface area (Å²) in [4.78, 5) is 6.63. The first-order chi connectivity index (χ1) is 22.8. The Bertz CT molecular complexity index is 1480. The molecule has 0 saturated heterocycles. The fourth-order valence-electron chi connectivity index (χ4n) is 8.18. The quantitative estimate of drug-likeness (QED) is 0.226. The van der Waals surface area contributed by atoms with E-state index in [0.717, 1.165) is 56.7 Å². The molecule has 0 radical (unpaired) electrons. The second-order valence-electron chi connectivity index (χ2n) is 13.3. The first-order valence-electron chi connectivity index (χ1n) is 17.5. The summed E-state index contributed by atoms with van der Waals surface area (Å²) in [6.07, 6.45) is 13.3. The number of fused-ring (bicyclic) bond motifs is 2.